The molecule has 188 valence electrons. The first kappa shape index (κ1) is 25.1. The normalized spacial score (nSPS) is 12.1. The second-order valence-corrected chi connectivity index (χ2v) is 9.45. The van der Waals surface area contributed by atoms with Crippen molar-refractivity contribution in [1.82, 2.24) is 30.0 Å². The van der Waals surface area contributed by atoms with Crippen LogP contribution in [0.5, 0.6) is 0 Å². The van der Waals surface area contributed by atoms with Gasteiger partial charge in [0, 0.05) is 36.4 Å². The number of rotatable bonds is 10. The summed E-state index contributed by atoms with van der Waals surface area (Å²) in [6.45, 7) is 4.80. The smallest absolute Gasteiger partial charge is 0.293 e. The fraction of sp³-hybridized carbons (Fsp3) is 0.333. The summed E-state index contributed by atoms with van der Waals surface area (Å²) >= 11 is 0. The number of hydrogen-bond donors (Lipinski definition) is 3. The van der Waals surface area contributed by atoms with Gasteiger partial charge in [-0.25, -0.2) is 4.98 Å². The number of nitrogens with zero attached hydrogens (tertiary/aromatic N) is 4. The Hall–Kier alpha value is -3.98. The van der Waals surface area contributed by atoms with Crippen LogP contribution in [0.1, 0.15) is 22.4 Å². The van der Waals surface area contributed by atoms with Crippen LogP contribution in [0, 0.1) is 13.8 Å². The molecule has 2 heterocycles. The van der Waals surface area contributed by atoms with Crippen molar-refractivity contribution in [3.63, 3.8) is 0 Å². The molecule has 0 aliphatic rings. The maximum Gasteiger partial charge on any atom is 0.293 e. The summed E-state index contributed by atoms with van der Waals surface area (Å²) in [6, 6.07) is 14.1. The molecule has 0 aliphatic heterocycles. The van der Waals surface area contributed by atoms with E-state index in [2.05, 4.69) is 42.8 Å². The Morgan fingerprint density at radius 2 is 1.92 bits per heavy atom. The van der Waals surface area contributed by atoms with Gasteiger partial charge in [-0.3, -0.25) is 19.3 Å². The topological polar surface area (TPSA) is 108 Å². The average Bonchev–Trinajstić information content (AvgIpc) is 3.29. The molecule has 0 saturated carbocycles. The number of anilines is 1. The lowest BCUT2D eigenvalue weighted by atomic mass is 10.1. The lowest BCUT2D eigenvalue weighted by Gasteiger charge is -2.23. The van der Waals surface area contributed by atoms with Gasteiger partial charge in [0.15, 0.2) is 5.82 Å². The van der Waals surface area contributed by atoms with Crippen molar-refractivity contribution in [2.45, 2.75) is 39.4 Å². The molecule has 4 rings (SSSR count). The van der Waals surface area contributed by atoms with Crippen LogP contribution < -0.4 is 16.2 Å². The number of carbonyl (C=O) groups excluding carboxylic acids is 1. The summed E-state index contributed by atoms with van der Waals surface area (Å²) in [7, 11) is 3.99. The minimum atomic E-state index is -0.307. The first-order valence-corrected chi connectivity index (χ1v) is 12.0. The van der Waals surface area contributed by atoms with Gasteiger partial charge >= 0.3 is 0 Å². The summed E-state index contributed by atoms with van der Waals surface area (Å²) in [5, 5.41) is 14.3. The van der Waals surface area contributed by atoms with E-state index < -0.39 is 0 Å². The molecule has 1 unspecified atom stereocenters. The van der Waals surface area contributed by atoms with E-state index in [0.717, 1.165) is 35.0 Å². The molecular formula is C27H33N7O2. The summed E-state index contributed by atoms with van der Waals surface area (Å²) in [5.74, 6) is 0.00982. The van der Waals surface area contributed by atoms with E-state index in [4.69, 9.17) is 0 Å². The Labute approximate surface area is 210 Å². The van der Waals surface area contributed by atoms with Crippen molar-refractivity contribution < 1.29 is 4.79 Å². The SMILES string of the molecule is Cc1cc2[nH]ncc2cc1CNC(=O)Cn1c(C)cnc(NC(Cc2ccccc2)CN(C)C)c1=O. The van der Waals surface area contributed by atoms with Gasteiger partial charge in [-0.05, 0) is 63.2 Å². The monoisotopic (exact) mass is 487 g/mol. The number of aromatic amines is 1. The standard InChI is InChI=1S/C27H33N7O2/c1-18-10-24-22(15-30-32-24)12-21(18)14-28-25(35)17-34-19(2)13-29-26(27(34)36)31-23(16-33(3)4)11-20-8-6-5-7-9-20/h5-10,12-13,15,23H,11,14,16-17H2,1-4H3,(H,28,35)(H,29,31)(H,30,32). The molecule has 0 fully saturated rings. The molecule has 0 radical (unpaired) electrons. The maximum absolute atomic E-state index is 13.3. The molecular weight excluding hydrogens is 454 g/mol. The van der Waals surface area contributed by atoms with E-state index in [-0.39, 0.29) is 29.9 Å². The summed E-state index contributed by atoms with van der Waals surface area (Å²) in [5.41, 5.74) is 4.52. The highest BCUT2D eigenvalue weighted by molar-refractivity contribution is 5.80. The zero-order valence-electron chi connectivity index (χ0n) is 21.2. The summed E-state index contributed by atoms with van der Waals surface area (Å²) in [4.78, 5) is 32.5. The number of hydrogen-bond acceptors (Lipinski definition) is 6. The Balaban J connectivity index is 1.46. The third kappa shape index (κ3) is 6.17. The molecule has 9 nitrogen and oxygen atoms in total. The Bertz CT molecular complexity index is 1390. The van der Waals surface area contributed by atoms with Gasteiger partial charge in [0.2, 0.25) is 5.91 Å². The lowest BCUT2D eigenvalue weighted by Crippen LogP contribution is -2.39. The number of nitrogens with one attached hydrogen (secondary N) is 3. The predicted octanol–water partition coefficient (Wildman–Crippen LogP) is 2.64. The number of carbonyl (C=O) groups is 1. The zero-order chi connectivity index (χ0) is 25.7. The molecule has 0 aliphatic carbocycles. The molecule has 1 atom stereocenters. The number of H-pyrrole nitrogens is 1. The van der Waals surface area contributed by atoms with Crippen LogP contribution in [0.3, 0.4) is 0 Å². The van der Waals surface area contributed by atoms with Gasteiger partial charge in [0.05, 0.1) is 11.7 Å². The van der Waals surface area contributed by atoms with E-state index in [1.807, 2.05) is 51.4 Å². The third-order valence-corrected chi connectivity index (χ3v) is 6.18. The number of benzene rings is 2. The van der Waals surface area contributed by atoms with E-state index >= 15 is 0 Å². The van der Waals surface area contributed by atoms with Gasteiger partial charge in [-0.1, -0.05) is 30.3 Å². The summed E-state index contributed by atoms with van der Waals surface area (Å²) < 4.78 is 1.46. The van der Waals surface area contributed by atoms with Crippen molar-refractivity contribution in [2.24, 2.45) is 0 Å². The zero-order valence-corrected chi connectivity index (χ0v) is 21.2. The molecule has 2 aromatic heterocycles. The molecule has 3 N–H and O–H groups in total. The van der Waals surface area contributed by atoms with Gasteiger partial charge in [-0.2, -0.15) is 5.10 Å². The second kappa shape index (κ2) is 11.2. The molecule has 1 amide bonds. The molecule has 0 spiro atoms. The minimum Gasteiger partial charge on any atom is -0.361 e. The minimum absolute atomic E-state index is 0.0200. The molecule has 36 heavy (non-hydrogen) atoms. The van der Waals surface area contributed by atoms with E-state index in [9.17, 15) is 9.59 Å². The third-order valence-electron chi connectivity index (χ3n) is 6.18. The number of amides is 1. The van der Waals surface area contributed by atoms with Crippen molar-refractivity contribution in [3.05, 3.63) is 87.6 Å². The van der Waals surface area contributed by atoms with Gasteiger partial charge in [-0.15, -0.1) is 0 Å². The van der Waals surface area contributed by atoms with E-state index in [1.54, 1.807) is 19.3 Å². The highest BCUT2D eigenvalue weighted by Gasteiger charge is 2.17. The van der Waals surface area contributed by atoms with Crippen molar-refractivity contribution >= 4 is 22.6 Å². The van der Waals surface area contributed by atoms with Crippen LogP contribution in [-0.4, -0.2) is 57.2 Å². The highest BCUT2D eigenvalue weighted by Crippen LogP contribution is 2.17. The number of likely N-dealkylation sites (N-methyl/N-ethyl adjacent to an activating group) is 1. The van der Waals surface area contributed by atoms with Crippen molar-refractivity contribution in [3.8, 4) is 0 Å². The quantitative estimate of drug-likeness (QED) is 0.317. The van der Waals surface area contributed by atoms with Gasteiger partial charge in [0.1, 0.15) is 6.54 Å². The van der Waals surface area contributed by atoms with Crippen LogP contribution in [-0.2, 0) is 24.3 Å². The number of aromatic nitrogens is 4. The molecule has 0 saturated heterocycles. The molecule has 4 aromatic rings. The molecule has 0 bridgehead atoms. The Morgan fingerprint density at radius 1 is 1.14 bits per heavy atom. The Kier molecular flexibility index (Phi) is 7.80. The first-order valence-electron chi connectivity index (χ1n) is 12.0. The highest BCUT2D eigenvalue weighted by atomic mass is 16.2. The van der Waals surface area contributed by atoms with Crippen molar-refractivity contribution in [1.29, 1.82) is 0 Å². The van der Waals surface area contributed by atoms with E-state index in [0.29, 0.717) is 12.2 Å². The fourth-order valence-corrected chi connectivity index (χ4v) is 4.29. The van der Waals surface area contributed by atoms with Gasteiger partial charge < -0.3 is 15.5 Å². The largest absolute Gasteiger partial charge is 0.361 e. The molecule has 9 heteroatoms. The van der Waals surface area contributed by atoms with Crippen LogP contribution in [0.15, 0.2) is 59.7 Å². The van der Waals surface area contributed by atoms with Gasteiger partial charge in [0.25, 0.3) is 5.56 Å². The van der Waals surface area contributed by atoms with Crippen LogP contribution >= 0.6 is 0 Å². The summed E-state index contributed by atoms with van der Waals surface area (Å²) in [6.07, 6.45) is 4.13. The van der Waals surface area contributed by atoms with Crippen molar-refractivity contribution in [2.75, 3.05) is 26.0 Å². The van der Waals surface area contributed by atoms with E-state index in [1.165, 1.54) is 10.1 Å². The van der Waals surface area contributed by atoms with Crippen LogP contribution in [0.4, 0.5) is 5.82 Å². The van der Waals surface area contributed by atoms with Crippen LogP contribution in [0.25, 0.3) is 10.9 Å². The predicted molar refractivity (Wildman–Crippen MR) is 142 cm³/mol. The maximum atomic E-state index is 13.3. The van der Waals surface area contributed by atoms with Crippen LogP contribution in [0.2, 0.25) is 0 Å². The lowest BCUT2D eigenvalue weighted by molar-refractivity contribution is -0.121. The number of aryl methyl sites for hydroxylation is 2. The first-order chi connectivity index (χ1) is 17.3. The Morgan fingerprint density at radius 3 is 2.67 bits per heavy atom. The average molecular weight is 488 g/mol. The number of fused-ring (bicyclic) bond motifs is 1. The fourth-order valence-electron chi connectivity index (χ4n) is 4.29. The molecule has 2 aromatic carbocycles. The second-order valence-electron chi connectivity index (χ2n) is 9.45.